The monoisotopic (exact) mass is 335 g/mol. The molecule has 1 aromatic carbocycles. The fourth-order valence-electron chi connectivity index (χ4n) is 1.53. The van der Waals surface area contributed by atoms with Crippen LogP contribution in [0.4, 0.5) is 0 Å². The van der Waals surface area contributed by atoms with Crippen LogP contribution < -0.4 is 0 Å². The fourth-order valence-corrected chi connectivity index (χ4v) is 3.66. The molecule has 0 bridgehead atoms. The highest BCUT2D eigenvalue weighted by Gasteiger charge is 2.12. The maximum Gasteiger partial charge on any atom is 0.194 e. The van der Waals surface area contributed by atoms with E-state index in [2.05, 4.69) is 10.2 Å². The van der Waals surface area contributed by atoms with Crippen LogP contribution in [0.25, 0.3) is 0 Å². The van der Waals surface area contributed by atoms with Gasteiger partial charge in [0.05, 0.1) is 11.5 Å². The van der Waals surface area contributed by atoms with Gasteiger partial charge in [0.25, 0.3) is 0 Å². The van der Waals surface area contributed by atoms with Crippen molar-refractivity contribution < 1.29 is 4.21 Å². The summed E-state index contributed by atoms with van der Waals surface area (Å²) in [6, 6.07) is 5.22. The van der Waals surface area contributed by atoms with Gasteiger partial charge in [-0.1, -0.05) is 29.3 Å². The van der Waals surface area contributed by atoms with E-state index in [0.29, 0.717) is 32.0 Å². The van der Waals surface area contributed by atoms with Crippen molar-refractivity contribution in [1.82, 2.24) is 14.8 Å². The minimum atomic E-state index is -1.16. The van der Waals surface area contributed by atoms with Gasteiger partial charge in [0, 0.05) is 33.5 Å². The van der Waals surface area contributed by atoms with Crippen molar-refractivity contribution in [1.29, 1.82) is 0 Å². The van der Waals surface area contributed by atoms with E-state index >= 15 is 0 Å². The van der Waals surface area contributed by atoms with Gasteiger partial charge in [-0.15, -0.1) is 0 Å². The SMILES string of the molecule is Cn1c(C[S@](=O)Cc2c(Cl)cccc2Cl)n[nH]c1=S. The average molecular weight is 336 g/mol. The zero-order chi connectivity index (χ0) is 14.0. The van der Waals surface area contributed by atoms with Gasteiger partial charge in [-0.2, -0.15) is 5.10 Å². The van der Waals surface area contributed by atoms with E-state index in [9.17, 15) is 4.21 Å². The second-order valence-electron chi connectivity index (χ2n) is 3.93. The Balaban J connectivity index is 2.14. The molecule has 2 aromatic rings. The molecule has 19 heavy (non-hydrogen) atoms. The van der Waals surface area contributed by atoms with Crippen LogP contribution in [0.3, 0.4) is 0 Å². The van der Waals surface area contributed by atoms with Crippen LogP contribution in [0.1, 0.15) is 11.4 Å². The molecule has 1 aromatic heterocycles. The Morgan fingerprint density at radius 3 is 2.53 bits per heavy atom. The van der Waals surface area contributed by atoms with Crippen LogP contribution in [0.15, 0.2) is 18.2 Å². The predicted octanol–water partition coefficient (Wildman–Crippen LogP) is 3.23. The number of H-pyrrole nitrogens is 1. The quantitative estimate of drug-likeness (QED) is 0.872. The first-order valence-corrected chi connectivity index (χ1v) is 8.02. The zero-order valence-corrected chi connectivity index (χ0v) is 13.2. The minimum absolute atomic E-state index is 0.290. The molecule has 1 atom stereocenters. The third kappa shape index (κ3) is 3.45. The maximum atomic E-state index is 12.1. The van der Waals surface area contributed by atoms with Gasteiger partial charge < -0.3 is 4.57 Å². The molecule has 8 heteroatoms. The Hall–Kier alpha value is -0.690. The molecule has 0 aliphatic carbocycles. The number of benzene rings is 1. The Morgan fingerprint density at radius 1 is 1.37 bits per heavy atom. The van der Waals surface area contributed by atoms with E-state index in [0.717, 1.165) is 0 Å². The summed E-state index contributed by atoms with van der Waals surface area (Å²) in [6.45, 7) is 0. The molecule has 0 saturated heterocycles. The number of hydrogen-bond donors (Lipinski definition) is 1. The summed E-state index contributed by atoms with van der Waals surface area (Å²) in [5, 5.41) is 7.74. The van der Waals surface area contributed by atoms with Crippen LogP contribution in [-0.4, -0.2) is 19.0 Å². The lowest BCUT2D eigenvalue weighted by atomic mass is 10.2. The number of nitrogens with one attached hydrogen (secondary N) is 1. The highest BCUT2D eigenvalue weighted by Crippen LogP contribution is 2.25. The van der Waals surface area contributed by atoms with Crippen molar-refractivity contribution in [2.45, 2.75) is 11.5 Å². The van der Waals surface area contributed by atoms with Crippen molar-refractivity contribution in [3.8, 4) is 0 Å². The van der Waals surface area contributed by atoms with E-state index in [1.54, 1.807) is 29.8 Å². The lowest BCUT2D eigenvalue weighted by Crippen LogP contribution is -2.06. The molecule has 2 rings (SSSR count). The minimum Gasteiger partial charge on any atom is -0.307 e. The summed E-state index contributed by atoms with van der Waals surface area (Å²) >= 11 is 17.1. The Kier molecular flexibility index (Phi) is 4.78. The summed E-state index contributed by atoms with van der Waals surface area (Å²) < 4.78 is 14.3. The molecule has 1 N–H and O–H groups in total. The molecule has 1 heterocycles. The fraction of sp³-hybridized carbons (Fsp3) is 0.273. The van der Waals surface area contributed by atoms with Crippen LogP contribution in [0.2, 0.25) is 10.0 Å². The number of nitrogens with zero attached hydrogens (tertiary/aromatic N) is 2. The molecule has 0 aliphatic rings. The lowest BCUT2D eigenvalue weighted by Gasteiger charge is -2.06. The van der Waals surface area contributed by atoms with Gasteiger partial charge in [-0.3, -0.25) is 9.31 Å². The average Bonchev–Trinajstić information content (AvgIpc) is 2.66. The second kappa shape index (κ2) is 6.17. The topological polar surface area (TPSA) is 50.7 Å². The maximum absolute atomic E-state index is 12.1. The Labute approximate surface area is 128 Å². The van der Waals surface area contributed by atoms with Gasteiger partial charge in [0.1, 0.15) is 5.82 Å². The van der Waals surface area contributed by atoms with E-state index in [1.165, 1.54) is 0 Å². The van der Waals surface area contributed by atoms with E-state index in [1.807, 2.05) is 0 Å². The first kappa shape index (κ1) is 14.7. The van der Waals surface area contributed by atoms with Crippen LogP contribution >= 0.6 is 35.4 Å². The number of halogens is 2. The number of aromatic amines is 1. The first-order chi connectivity index (χ1) is 8.99. The molecule has 0 saturated carbocycles. The largest absolute Gasteiger partial charge is 0.307 e. The van der Waals surface area contributed by atoms with Crippen molar-refractivity contribution in [3.05, 3.63) is 44.4 Å². The molecule has 0 unspecified atom stereocenters. The second-order valence-corrected chi connectivity index (χ2v) is 6.59. The molecular formula is C11H11Cl2N3OS2. The van der Waals surface area contributed by atoms with E-state index in [-0.39, 0.29) is 5.75 Å². The molecule has 0 spiro atoms. The van der Waals surface area contributed by atoms with Crippen molar-refractivity contribution in [3.63, 3.8) is 0 Å². The van der Waals surface area contributed by atoms with Gasteiger partial charge in [-0.05, 0) is 24.4 Å². The first-order valence-electron chi connectivity index (χ1n) is 5.37. The molecule has 0 radical (unpaired) electrons. The lowest BCUT2D eigenvalue weighted by molar-refractivity contribution is 0.679. The number of rotatable bonds is 4. The third-order valence-corrected chi connectivity index (χ3v) is 4.89. The van der Waals surface area contributed by atoms with Crippen LogP contribution in [0, 0.1) is 4.77 Å². The summed E-state index contributed by atoms with van der Waals surface area (Å²) in [5.41, 5.74) is 0.695. The smallest absolute Gasteiger partial charge is 0.194 e. The number of hydrogen-bond acceptors (Lipinski definition) is 3. The van der Waals surface area contributed by atoms with Gasteiger partial charge in [-0.25, -0.2) is 0 Å². The van der Waals surface area contributed by atoms with E-state index < -0.39 is 10.8 Å². The van der Waals surface area contributed by atoms with Crippen molar-refractivity contribution >= 4 is 46.2 Å². The third-order valence-electron chi connectivity index (χ3n) is 2.63. The molecule has 102 valence electrons. The zero-order valence-electron chi connectivity index (χ0n) is 10.0. The van der Waals surface area contributed by atoms with Crippen molar-refractivity contribution in [2.24, 2.45) is 7.05 Å². The normalized spacial score (nSPS) is 12.6. The Bertz CT molecular complexity index is 661. The highest BCUT2D eigenvalue weighted by molar-refractivity contribution is 7.83. The summed E-state index contributed by atoms with van der Waals surface area (Å²) in [6.07, 6.45) is 0. The summed E-state index contributed by atoms with van der Waals surface area (Å²) in [5.74, 6) is 1.23. The van der Waals surface area contributed by atoms with Crippen LogP contribution in [0.5, 0.6) is 0 Å². The van der Waals surface area contributed by atoms with Crippen molar-refractivity contribution in [2.75, 3.05) is 0 Å². The molecule has 0 amide bonds. The number of aromatic nitrogens is 3. The van der Waals surface area contributed by atoms with E-state index in [4.69, 9.17) is 35.4 Å². The molecule has 4 nitrogen and oxygen atoms in total. The molecular weight excluding hydrogens is 325 g/mol. The molecule has 0 fully saturated rings. The highest BCUT2D eigenvalue weighted by atomic mass is 35.5. The molecule has 0 aliphatic heterocycles. The summed E-state index contributed by atoms with van der Waals surface area (Å²) in [4.78, 5) is 0. The van der Waals surface area contributed by atoms with Gasteiger partial charge in [0.2, 0.25) is 0 Å². The standard InChI is InChI=1S/C11H11Cl2N3OS2/c1-16-10(14-15-11(16)18)6-19(17)5-7-8(12)3-2-4-9(7)13/h2-4H,5-6H2,1H3,(H,15,18)/t19-/m1/s1. The van der Waals surface area contributed by atoms with Gasteiger partial charge in [0.15, 0.2) is 4.77 Å². The van der Waals surface area contributed by atoms with Gasteiger partial charge >= 0.3 is 0 Å². The summed E-state index contributed by atoms with van der Waals surface area (Å²) in [7, 11) is 0.621. The Morgan fingerprint density at radius 2 is 2.00 bits per heavy atom. The van der Waals surface area contributed by atoms with Crippen LogP contribution in [-0.2, 0) is 29.4 Å². The predicted molar refractivity (Wildman–Crippen MR) is 80.4 cm³/mol.